The highest BCUT2D eigenvalue weighted by Crippen LogP contribution is 2.40. The number of benzene rings is 4. The summed E-state index contributed by atoms with van der Waals surface area (Å²) in [5.74, 6) is 1.16. The Kier molecular flexibility index (Phi) is 12.7. The van der Waals surface area contributed by atoms with Gasteiger partial charge in [-0.15, -0.1) is 0 Å². The molecule has 0 saturated carbocycles. The lowest BCUT2D eigenvalue weighted by molar-refractivity contribution is 0.312. The first-order valence-electron chi connectivity index (χ1n) is 20.2. The Labute approximate surface area is 322 Å². The molecule has 282 valence electrons. The quantitative estimate of drug-likeness (QED) is 0.0946. The smallest absolute Gasteiger partial charge is 0.119 e. The molecule has 0 aliphatic carbocycles. The Hall–Kier alpha value is -5.10. The Morgan fingerprint density at radius 2 is 1.19 bits per heavy atom. The normalized spacial score (nSPS) is 11.4. The molecular formula is C48H58N4O2. The van der Waals surface area contributed by atoms with Crippen LogP contribution in [-0.4, -0.2) is 47.9 Å². The molecule has 0 aliphatic rings. The predicted octanol–water partition coefficient (Wildman–Crippen LogP) is 11.9. The second-order valence-electron chi connectivity index (χ2n) is 14.4. The first-order chi connectivity index (χ1) is 26.3. The molecule has 0 fully saturated rings. The van der Waals surface area contributed by atoms with Gasteiger partial charge in [-0.05, 0) is 93.8 Å². The topological polar surface area (TPSA) is 61.7 Å². The molecule has 0 radical (unpaired) electrons. The zero-order valence-electron chi connectivity index (χ0n) is 33.5. The average molecular weight is 723 g/mol. The maximum atomic E-state index is 10.2. The van der Waals surface area contributed by atoms with Crippen LogP contribution in [0, 0.1) is 13.8 Å². The van der Waals surface area contributed by atoms with Crippen LogP contribution in [0.5, 0.6) is 11.5 Å². The van der Waals surface area contributed by atoms with Crippen molar-refractivity contribution in [2.24, 2.45) is 0 Å². The van der Waals surface area contributed by atoms with Gasteiger partial charge in [-0.1, -0.05) is 89.2 Å². The predicted molar refractivity (Wildman–Crippen MR) is 230 cm³/mol. The monoisotopic (exact) mass is 722 g/mol. The number of phenolic OH excluding ortho intramolecular Hbond substituents is 1. The van der Waals surface area contributed by atoms with Crippen molar-refractivity contribution in [3.05, 3.63) is 107 Å². The second-order valence-corrected chi connectivity index (χ2v) is 14.4. The number of ether oxygens (including phenoxy) is 1. The van der Waals surface area contributed by atoms with Gasteiger partial charge in [0.05, 0.1) is 40.8 Å². The van der Waals surface area contributed by atoms with E-state index in [1.165, 1.54) is 33.1 Å². The summed E-state index contributed by atoms with van der Waals surface area (Å²) in [4.78, 5) is 15.7. The number of hydrogen-bond donors (Lipinski definition) is 1. The first-order valence-corrected chi connectivity index (χ1v) is 20.2. The first kappa shape index (κ1) is 38.6. The third-order valence-corrected chi connectivity index (χ3v) is 10.5. The lowest BCUT2D eigenvalue weighted by Crippen LogP contribution is -2.28. The molecule has 6 heteroatoms. The minimum absolute atomic E-state index is 0.293. The molecule has 0 amide bonds. The zero-order chi connectivity index (χ0) is 38.2. The van der Waals surface area contributed by atoms with E-state index >= 15 is 0 Å². The summed E-state index contributed by atoms with van der Waals surface area (Å²) >= 11 is 0. The molecule has 6 aromatic rings. The van der Waals surface area contributed by atoms with E-state index in [0.717, 1.165) is 115 Å². The summed E-state index contributed by atoms with van der Waals surface area (Å²) in [6.45, 7) is 19.9. The Morgan fingerprint density at radius 1 is 0.593 bits per heavy atom. The van der Waals surface area contributed by atoms with Gasteiger partial charge in [0.1, 0.15) is 11.5 Å². The number of fused-ring (bicyclic) bond motifs is 2. The SMILES string of the molecule is CCCN(CCC)c1c(C)nc(-c2cc(OCCCN(CCC)c3c(CC)nc(-c4ccc(O)cc4CC)c4ccccc34)ccc2C)c2ccccc12. The molecule has 6 rings (SSSR count). The van der Waals surface area contributed by atoms with Gasteiger partial charge in [-0.2, -0.15) is 0 Å². The van der Waals surface area contributed by atoms with Gasteiger partial charge < -0.3 is 19.6 Å². The van der Waals surface area contributed by atoms with Crippen LogP contribution >= 0.6 is 0 Å². The van der Waals surface area contributed by atoms with Crippen LogP contribution in [0.3, 0.4) is 0 Å². The molecular weight excluding hydrogens is 665 g/mol. The standard InChI is InChI=1S/C48H58N4O2/c1-8-26-51(27-9-2)47-34(7)49-46(39-18-13-15-20-41(39)47)43-32-37(24-22-33(43)6)54-30-17-29-52(28-10-3)48-42-21-16-14-19-40(42)45(50-44(48)12-5)38-25-23-36(53)31-35(38)11-4/h13-16,18-25,31-32,53H,8-12,17,26-30H2,1-7H3. The molecule has 0 unspecified atom stereocenters. The van der Waals surface area contributed by atoms with Gasteiger partial charge in [-0.25, -0.2) is 4.98 Å². The van der Waals surface area contributed by atoms with Crippen LogP contribution in [0.15, 0.2) is 84.9 Å². The van der Waals surface area contributed by atoms with Gasteiger partial charge >= 0.3 is 0 Å². The highest BCUT2D eigenvalue weighted by Gasteiger charge is 2.21. The van der Waals surface area contributed by atoms with Gasteiger partial charge in [0.25, 0.3) is 0 Å². The van der Waals surface area contributed by atoms with Crippen molar-refractivity contribution < 1.29 is 9.84 Å². The van der Waals surface area contributed by atoms with Crippen LogP contribution in [-0.2, 0) is 12.8 Å². The number of aryl methyl sites for hydroxylation is 4. The van der Waals surface area contributed by atoms with E-state index in [9.17, 15) is 5.11 Å². The minimum atomic E-state index is 0.293. The molecule has 2 aromatic heterocycles. The fourth-order valence-electron chi connectivity index (χ4n) is 8.06. The van der Waals surface area contributed by atoms with Crippen LogP contribution in [0.1, 0.15) is 82.8 Å². The molecule has 0 aliphatic heterocycles. The van der Waals surface area contributed by atoms with E-state index in [4.69, 9.17) is 14.7 Å². The summed E-state index contributed by atoms with van der Waals surface area (Å²) in [5.41, 5.74) is 11.2. The van der Waals surface area contributed by atoms with Crippen molar-refractivity contribution in [3.63, 3.8) is 0 Å². The fourth-order valence-corrected chi connectivity index (χ4v) is 8.06. The van der Waals surface area contributed by atoms with Crippen LogP contribution in [0.25, 0.3) is 44.1 Å². The molecule has 0 saturated heterocycles. The largest absolute Gasteiger partial charge is 0.508 e. The molecule has 0 bridgehead atoms. The van der Waals surface area contributed by atoms with Gasteiger partial charge in [0.15, 0.2) is 0 Å². The average Bonchev–Trinajstić information content (AvgIpc) is 3.19. The number of phenols is 1. The van der Waals surface area contributed by atoms with E-state index in [2.05, 4.69) is 125 Å². The molecule has 0 spiro atoms. The van der Waals surface area contributed by atoms with Crippen molar-refractivity contribution in [1.29, 1.82) is 0 Å². The summed E-state index contributed by atoms with van der Waals surface area (Å²) in [5, 5.41) is 15.0. The molecule has 6 nitrogen and oxygen atoms in total. The number of aromatic nitrogens is 2. The van der Waals surface area contributed by atoms with E-state index in [1.54, 1.807) is 6.07 Å². The van der Waals surface area contributed by atoms with Crippen LogP contribution < -0.4 is 14.5 Å². The van der Waals surface area contributed by atoms with E-state index in [-0.39, 0.29) is 0 Å². The van der Waals surface area contributed by atoms with E-state index in [1.807, 2.05) is 12.1 Å². The highest BCUT2D eigenvalue weighted by molar-refractivity contribution is 6.04. The summed E-state index contributed by atoms with van der Waals surface area (Å²) in [6, 6.07) is 29.5. The molecule has 1 N–H and O–H groups in total. The summed E-state index contributed by atoms with van der Waals surface area (Å²) < 4.78 is 6.51. The van der Waals surface area contributed by atoms with Gasteiger partial charge in [-0.3, -0.25) is 4.98 Å². The highest BCUT2D eigenvalue weighted by atomic mass is 16.5. The molecule has 0 atom stereocenters. The molecule has 4 aromatic carbocycles. The Bertz CT molecular complexity index is 2200. The van der Waals surface area contributed by atoms with Crippen molar-refractivity contribution in [2.75, 3.05) is 42.6 Å². The third kappa shape index (κ3) is 8.03. The number of rotatable bonds is 17. The summed E-state index contributed by atoms with van der Waals surface area (Å²) in [7, 11) is 0. The third-order valence-electron chi connectivity index (χ3n) is 10.5. The maximum absolute atomic E-state index is 10.2. The van der Waals surface area contributed by atoms with Crippen molar-refractivity contribution in [3.8, 4) is 34.0 Å². The maximum Gasteiger partial charge on any atom is 0.119 e. The number of aromatic hydroxyl groups is 1. The van der Waals surface area contributed by atoms with Crippen LogP contribution in [0.2, 0.25) is 0 Å². The number of pyridine rings is 2. The Morgan fingerprint density at radius 3 is 1.80 bits per heavy atom. The van der Waals surface area contributed by atoms with Crippen LogP contribution in [0.4, 0.5) is 11.4 Å². The van der Waals surface area contributed by atoms with E-state index in [0.29, 0.717) is 12.4 Å². The second kappa shape index (κ2) is 17.8. The Balaban J connectivity index is 1.26. The number of anilines is 2. The van der Waals surface area contributed by atoms with Crippen molar-refractivity contribution in [1.82, 2.24) is 9.97 Å². The fraction of sp³-hybridized carbons (Fsp3) is 0.375. The zero-order valence-corrected chi connectivity index (χ0v) is 33.5. The molecule has 2 heterocycles. The van der Waals surface area contributed by atoms with Crippen molar-refractivity contribution >= 4 is 32.9 Å². The van der Waals surface area contributed by atoms with Gasteiger partial charge in [0, 0.05) is 58.9 Å². The molecule has 54 heavy (non-hydrogen) atoms. The minimum Gasteiger partial charge on any atom is -0.508 e. The lowest BCUT2D eigenvalue weighted by atomic mass is 9.95. The number of hydrogen-bond acceptors (Lipinski definition) is 6. The van der Waals surface area contributed by atoms with E-state index < -0.39 is 0 Å². The van der Waals surface area contributed by atoms with Gasteiger partial charge in [0.2, 0.25) is 0 Å². The number of nitrogens with zero attached hydrogens (tertiary/aromatic N) is 4. The lowest BCUT2D eigenvalue weighted by Gasteiger charge is -2.29. The van der Waals surface area contributed by atoms with Crippen molar-refractivity contribution in [2.45, 2.75) is 87.0 Å². The summed E-state index contributed by atoms with van der Waals surface area (Å²) in [6.07, 6.45) is 5.76.